The van der Waals surface area contributed by atoms with E-state index in [1.54, 1.807) is 24.6 Å². The maximum atomic E-state index is 13.3. The Hall–Kier alpha value is -2.64. The van der Waals surface area contributed by atoms with Gasteiger partial charge in [-0.05, 0) is 37.5 Å². The Bertz CT molecular complexity index is 1020. The smallest absolute Gasteiger partial charge is 0.377 e. The molecule has 1 aliphatic carbocycles. The topological polar surface area (TPSA) is 76.1 Å². The Morgan fingerprint density at radius 3 is 2.72 bits per heavy atom. The van der Waals surface area contributed by atoms with Crippen LogP contribution in [0.1, 0.15) is 26.2 Å². The summed E-state index contributed by atoms with van der Waals surface area (Å²) in [6.45, 7) is 7.94. The van der Waals surface area contributed by atoms with E-state index < -0.39 is 18.5 Å². The fourth-order valence-electron chi connectivity index (χ4n) is 4.97. The van der Waals surface area contributed by atoms with Crippen molar-refractivity contribution in [2.75, 3.05) is 13.2 Å². The van der Waals surface area contributed by atoms with Crippen LogP contribution in [0.3, 0.4) is 0 Å². The minimum absolute atomic E-state index is 0.0466. The van der Waals surface area contributed by atoms with Gasteiger partial charge < -0.3 is 19.3 Å². The summed E-state index contributed by atoms with van der Waals surface area (Å²) in [5, 5.41) is 12.4. The number of allylic oxidation sites excluding steroid dienone is 1. The summed E-state index contributed by atoms with van der Waals surface area (Å²) in [7, 11) is -0.794. The number of fused-ring (bicyclic) bond motifs is 1. The summed E-state index contributed by atoms with van der Waals surface area (Å²) in [4.78, 5) is 27.7. The predicted molar refractivity (Wildman–Crippen MR) is 124 cm³/mol. The summed E-state index contributed by atoms with van der Waals surface area (Å²) < 4.78 is 11.6. The van der Waals surface area contributed by atoms with Crippen LogP contribution < -0.4 is 4.74 Å². The Labute approximate surface area is 189 Å². The molecular formula is C25H30BNO5. The molecular weight excluding hydrogens is 405 g/mol. The van der Waals surface area contributed by atoms with Gasteiger partial charge in [0, 0.05) is 24.8 Å². The van der Waals surface area contributed by atoms with Crippen LogP contribution in [-0.2, 0) is 14.3 Å². The molecule has 1 N–H and O–H groups in total. The second-order valence-corrected chi connectivity index (χ2v) is 8.86. The van der Waals surface area contributed by atoms with E-state index in [4.69, 9.17) is 9.47 Å². The molecule has 168 valence electrons. The molecule has 1 heterocycles. The monoisotopic (exact) mass is 435 g/mol. The third-order valence-corrected chi connectivity index (χ3v) is 6.79. The lowest BCUT2D eigenvalue weighted by molar-refractivity contribution is -0.152. The highest BCUT2D eigenvalue weighted by molar-refractivity contribution is 6.46. The van der Waals surface area contributed by atoms with Crippen LogP contribution in [-0.4, -0.2) is 53.9 Å². The number of esters is 1. The first kappa shape index (κ1) is 22.6. The van der Waals surface area contributed by atoms with Crippen molar-refractivity contribution < 1.29 is 24.1 Å². The van der Waals surface area contributed by atoms with E-state index in [2.05, 4.69) is 6.58 Å². The van der Waals surface area contributed by atoms with Gasteiger partial charge in [-0.2, -0.15) is 0 Å². The molecule has 7 heteroatoms. The van der Waals surface area contributed by atoms with Crippen molar-refractivity contribution in [1.82, 2.24) is 4.81 Å². The zero-order valence-electron chi connectivity index (χ0n) is 18.7. The molecule has 1 saturated heterocycles. The maximum Gasteiger partial charge on any atom is 0.377 e. The van der Waals surface area contributed by atoms with E-state index >= 15 is 0 Å². The van der Waals surface area contributed by atoms with Crippen LogP contribution in [0.15, 0.2) is 55.1 Å². The lowest BCUT2D eigenvalue weighted by atomic mass is 9.82. The molecule has 0 bridgehead atoms. The van der Waals surface area contributed by atoms with E-state index in [-0.39, 0.29) is 36.8 Å². The number of benzene rings is 2. The van der Waals surface area contributed by atoms with Crippen molar-refractivity contribution in [1.29, 1.82) is 0 Å². The minimum atomic E-state index is -0.812. The van der Waals surface area contributed by atoms with Gasteiger partial charge in [0.15, 0.2) is 0 Å². The van der Waals surface area contributed by atoms with Crippen LogP contribution >= 0.6 is 0 Å². The van der Waals surface area contributed by atoms with E-state index in [1.165, 1.54) is 0 Å². The number of carbonyl (C=O) groups excluding carboxylic acids is 2. The summed E-state index contributed by atoms with van der Waals surface area (Å²) in [5.41, 5.74) is -0.812. The Kier molecular flexibility index (Phi) is 6.40. The summed E-state index contributed by atoms with van der Waals surface area (Å²) >= 11 is 0. The van der Waals surface area contributed by atoms with Gasteiger partial charge in [-0.25, -0.2) is 0 Å². The summed E-state index contributed by atoms with van der Waals surface area (Å²) in [6, 6.07) is 13.4. The minimum Gasteiger partial charge on any atom is -0.488 e. The number of hydrogen-bond donors (Lipinski definition) is 1. The number of Topliss-reactive ketones (excluding diaryl/α,β-unsaturated/α-hetero) is 1. The van der Waals surface area contributed by atoms with Crippen molar-refractivity contribution in [2.24, 2.45) is 11.3 Å². The molecule has 2 aliphatic rings. The molecule has 0 unspecified atom stereocenters. The van der Waals surface area contributed by atoms with Crippen molar-refractivity contribution in [3.05, 3.63) is 55.1 Å². The predicted octanol–water partition coefficient (Wildman–Crippen LogP) is 3.49. The van der Waals surface area contributed by atoms with Gasteiger partial charge in [0.2, 0.25) is 0 Å². The van der Waals surface area contributed by atoms with Gasteiger partial charge in [-0.15, -0.1) is 6.58 Å². The molecule has 4 rings (SSSR count). The summed E-state index contributed by atoms with van der Waals surface area (Å²) in [6.07, 6.45) is 2.63. The Balaban J connectivity index is 1.50. The zero-order chi connectivity index (χ0) is 22.9. The van der Waals surface area contributed by atoms with Gasteiger partial charge in [0.25, 0.3) is 0 Å². The number of hydrogen-bond acceptors (Lipinski definition) is 6. The molecule has 32 heavy (non-hydrogen) atoms. The molecule has 2 fully saturated rings. The molecule has 2 aromatic rings. The molecule has 4 atom stereocenters. The van der Waals surface area contributed by atoms with E-state index in [1.807, 2.05) is 42.5 Å². The molecule has 2 aromatic carbocycles. The number of rotatable bonds is 9. The summed E-state index contributed by atoms with van der Waals surface area (Å²) in [5.74, 6) is 0.328. The van der Waals surface area contributed by atoms with Crippen molar-refractivity contribution in [3.8, 4) is 5.75 Å². The van der Waals surface area contributed by atoms with E-state index in [9.17, 15) is 14.6 Å². The van der Waals surface area contributed by atoms with Crippen LogP contribution in [0.2, 0.25) is 6.82 Å². The average Bonchev–Trinajstić information content (AvgIpc) is 3.33. The Morgan fingerprint density at radius 1 is 1.28 bits per heavy atom. The number of carbonyl (C=O) groups is 2. The molecule has 0 amide bonds. The SMILES string of the molecule is C=C[C@@H]1C[C@]1(CC(=O)[C@@H]1C[C@@H](Oc2cccc3ccccc23)CN1B(C)O)C(=O)OCC. The number of ether oxygens (including phenoxy) is 2. The maximum absolute atomic E-state index is 13.3. The second kappa shape index (κ2) is 9.08. The normalized spacial score (nSPS) is 27.2. The lowest BCUT2D eigenvalue weighted by Gasteiger charge is -2.25. The van der Waals surface area contributed by atoms with Crippen LogP contribution in [0.5, 0.6) is 5.75 Å². The van der Waals surface area contributed by atoms with E-state index in [0.29, 0.717) is 19.4 Å². The average molecular weight is 435 g/mol. The lowest BCUT2D eigenvalue weighted by Crippen LogP contribution is -2.46. The van der Waals surface area contributed by atoms with Crippen molar-refractivity contribution in [2.45, 2.75) is 45.2 Å². The highest BCUT2D eigenvalue weighted by Crippen LogP contribution is 2.57. The van der Waals surface area contributed by atoms with Crippen LogP contribution in [0.25, 0.3) is 10.8 Å². The quantitative estimate of drug-likeness (QED) is 0.369. The third kappa shape index (κ3) is 4.19. The van der Waals surface area contributed by atoms with Crippen molar-refractivity contribution >= 4 is 29.6 Å². The van der Waals surface area contributed by atoms with Gasteiger partial charge in [0.05, 0.1) is 18.1 Å². The fourth-order valence-corrected chi connectivity index (χ4v) is 4.97. The van der Waals surface area contributed by atoms with Gasteiger partial charge in [-0.3, -0.25) is 9.59 Å². The molecule has 6 nitrogen and oxygen atoms in total. The first-order valence-corrected chi connectivity index (χ1v) is 11.3. The molecule has 0 spiro atoms. The van der Waals surface area contributed by atoms with E-state index in [0.717, 1.165) is 16.5 Å². The third-order valence-electron chi connectivity index (χ3n) is 6.79. The number of ketones is 1. The highest BCUT2D eigenvalue weighted by Gasteiger charge is 2.61. The van der Waals surface area contributed by atoms with Gasteiger partial charge in [-0.1, -0.05) is 42.5 Å². The molecule has 0 aromatic heterocycles. The first-order valence-electron chi connectivity index (χ1n) is 11.3. The Morgan fingerprint density at radius 2 is 2.03 bits per heavy atom. The van der Waals surface area contributed by atoms with Gasteiger partial charge >= 0.3 is 13.0 Å². The second-order valence-electron chi connectivity index (χ2n) is 8.86. The zero-order valence-corrected chi connectivity index (χ0v) is 18.7. The molecule has 1 saturated carbocycles. The largest absolute Gasteiger partial charge is 0.488 e. The molecule has 0 radical (unpaired) electrons. The molecule has 1 aliphatic heterocycles. The van der Waals surface area contributed by atoms with Crippen LogP contribution in [0.4, 0.5) is 0 Å². The first-order chi connectivity index (χ1) is 15.4. The van der Waals surface area contributed by atoms with Gasteiger partial charge in [0.1, 0.15) is 17.6 Å². The number of nitrogens with zero attached hydrogens (tertiary/aromatic N) is 1. The van der Waals surface area contributed by atoms with Crippen molar-refractivity contribution in [3.63, 3.8) is 0 Å². The van der Waals surface area contributed by atoms with Crippen LogP contribution in [0, 0.1) is 11.3 Å². The highest BCUT2D eigenvalue weighted by atomic mass is 16.5. The standard InChI is InChI=1S/C25H30BNO5/c1-4-18-14-25(18,24(29)31-5-2)15-22(28)21-13-19(16-27(21)26(3)30)32-23-12-8-10-17-9-6-7-11-20(17)23/h4,6-12,18-19,21,30H,1,5,13-16H2,2-3H3/t18-,19-,21+,25-/m1/s1. The fraction of sp³-hybridized carbons (Fsp3) is 0.440.